The van der Waals surface area contributed by atoms with Gasteiger partial charge in [0.15, 0.2) is 0 Å². The standard InChI is InChI=1S/C24H28N2O2/c1-15-4-10-20-19(12-15)23-21-11-7-17(25(21)3)13-22(23)26(20)14-24(2,28)16-5-8-18(27)9-6-16/h4-6,8-10,12,17,21,27-28H,7,11,13-14H2,1-3H3. The van der Waals surface area contributed by atoms with Crippen LogP contribution in [-0.4, -0.2) is 32.8 Å². The van der Waals surface area contributed by atoms with Crippen molar-refractivity contribution in [1.29, 1.82) is 0 Å². The number of aromatic hydroxyl groups is 1. The molecule has 3 aromatic rings. The van der Waals surface area contributed by atoms with E-state index >= 15 is 0 Å². The lowest BCUT2D eigenvalue weighted by molar-refractivity contribution is 0.0381. The van der Waals surface area contributed by atoms with Crippen molar-refractivity contribution in [1.82, 2.24) is 9.47 Å². The summed E-state index contributed by atoms with van der Waals surface area (Å²) in [4.78, 5) is 2.55. The minimum atomic E-state index is -1.01. The third-order valence-corrected chi connectivity index (χ3v) is 6.93. The molecule has 2 bridgehead atoms. The van der Waals surface area contributed by atoms with E-state index in [0.29, 0.717) is 18.6 Å². The quantitative estimate of drug-likeness (QED) is 0.718. The number of aliphatic hydroxyl groups is 1. The maximum atomic E-state index is 11.4. The van der Waals surface area contributed by atoms with Crippen LogP contribution >= 0.6 is 0 Å². The lowest BCUT2D eigenvalue weighted by Gasteiger charge is -2.33. The normalized spacial score (nSPS) is 23.7. The topological polar surface area (TPSA) is 48.6 Å². The van der Waals surface area contributed by atoms with E-state index in [1.807, 2.05) is 19.1 Å². The van der Waals surface area contributed by atoms with Gasteiger partial charge < -0.3 is 14.8 Å². The Morgan fingerprint density at radius 1 is 1.11 bits per heavy atom. The first-order valence-electron chi connectivity index (χ1n) is 10.2. The molecular formula is C24H28N2O2. The number of hydrogen-bond donors (Lipinski definition) is 2. The van der Waals surface area contributed by atoms with Crippen molar-refractivity contribution in [3.63, 3.8) is 0 Å². The number of rotatable bonds is 3. The highest BCUT2D eigenvalue weighted by Gasteiger charge is 2.41. The van der Waals surface area contributed by atoms with Gasteiger partial charge in [0.05, 0.1) is 6.54 Å². The van der Waals surface area contributed by atoms with Gasteiger partial charge in [0.2, 0.25) is 0 Å². The van der Waals surface area contributed by atoms with E-state index < -0.39 is 5.60 Å². The lowest BCUT2D eigenvalue weighted by Crippen LogP contribution is -2.36. The fourth-order valence-corrected chi connectivity index (χ4v) is 5.37. The van der Waals surface area contributed by atoms with Crippen LogP contribution in [0, 0.1) is 6.92 Å². The van der Waals surface area contributed by atoms with Crippen molar-refractivity contribution < 1.29 is 10.2 Å². The second-order valence-electron chi connectivity index (χ2n) is 8.90. The predicted molar refractivity (Wildman–Crippen MR) is 112 cm³/mol. The van der Waals surface area contributed by atoms with Gasteiger partial charge in [0, 0.05) is 35.1 Å². The summed E-state index contributed by atoms with van der Waals surface area (Å²) in [5.74, 6) is 0.221. The molecule has 3 unspecified atom stereocenters. The summed E-state index contributed by atoms with van der Waals surface area (Å²) >= 11 is 0. The zero-order chi connectivity index (χ0) is 19.6. The zero-order valence-electron chi connectivity index (χ0n) is 16.8. The van der Waals surface area contributed by atoms with Crippen molar-refractivity contribution in [2.45, 2.75) is 57.3 Å². The SMILES string of the molecule is Cc1ccc2c(c1)c1c(n2CC(C)(O)c2ccc(O)cc2)CC2CCC1N2C. The van der Waals surface area contributed by atoms with E-state index in [-0.39, 0.29) is 5.75 Å². The Balaban J connectivity index is 1.66. The van der Waals surface area contributed by atoms with Crippen LogP contribution in [0.15, 0.2) is 42.5 Å². The van der Waals surface area contributed by atoms with E-state index in [9.17, 15) is 10.2 Å². The van der Waals surface area contributed by atoms with Crippen molar-refractivity contribution in [3.05, 3.63) is 64.8 Å². The fraction of sp³-hybridized carbons (Fsp3) is 0.417. The number of likely N-dealkylation sites (N-methyl/N-ethyl adjacent to an activating group) is 1. The largest absolute Gasteiger partial charge is 0.508 e. The average molecular weight is 377 g/mol. The molecule has 1 saturated heterocycles. The maximum Gasteiger partial charge on any atom is 0.115 e. The summed E-state index contributed by atoms with van der Waals surface area (Å²) < 4.78 is 2.36. The van der Waals surface area contributed by atoms with E-state index in [2.05, 4.69) is 41.6 Å². The molecule has 2 N–H and O–H groups in total. The van der Waals surface area contributed by atoms with Crippen molar-refractivity contribution in [3.8, 4) is 5.75 Å². The highest BCUT2D eigenvalue weighted by atomic mass is 16.3. The molecule has 0 radical (unpaired) electrons. The summed E-state index contributed by atoms with van der Waals surface area (Å²) in [6.07, 6.45) is 3.51. The van der Waals surface area contributed by atoms with Gasteiger partial charge in [-0.25, -0.2) is 0 Å². The number of phenolic OH excluding ortho intramolecular Hbond substituents is 1. The third-order valence-electron chi connectivity index (χ3n) is 6.93. The van der Waals surface area contributed by atoms with Crippen LogP contribution in [0.1, 0.15) is 48.2 Å². The highest BCUT2D eigenvalue weighted by molar-refractivity contribution is 5.87. The molecule has 1 aromatic heterocycles. The molecule has 28 heavy (non-hydrogen) atoms. The van der Waals surface area contributed by atoms with Gasteiger partial charge in [0.25, 0.3) is 0 Å². The van der Waals surface area contributed by atoms with E-state index in [0.717, 1.165) is 12.0 Å². The molecule has 0 spiro atoms. The smallest absolute Gasteiger partial charge is 0.115 e. The first-order valence-corrected chi connectivity index (χ1v) is 10.2. The molecule has 0 saturated carbocycles. The summed E-state index contributed by atoms with van der Waals surface area (Å²) in [5.41, 5.74) is 5.17. The number of phenols is 1. The highest BCUT2D eigenvalue weighted by Crippen LogP contribution is 2.47. The minimum absolute atomic E-state index is 0.221. The molecular weight excluding hydrogens is 348 g/mol. The minimum Gasteiger partial charge on any atom is -0.508 e. The molecule has 2 aliphatic heterocycles. The van der Waals surface area contributed by atoms with Gasteiger partial charge in [-0.15, -0.1) is 0 Å². The van der Waals surface area contributed by atoms with Crippen LogP contribution in [0.25, 0.3) is 10.9 Å². The summed E-state index contributed by atoms with van der Waals surface area (Å²) in [6, 6.07) is 14.7. The van der Waals surface area contributed by atoms with Crippen molar-refractivity contribution in [2.75, 3.05) is 7.05 Å². The summed E-state index contributed by atoms with van der Waals surface area (Å²) in [6.45, 7) is 4.53. The Bertz CT molecular complexity index is 1050. The Morgan fingerprint density at radius 2 is 1.86 bits per heavy atom. The summed E-state index contributed by atoms with van der Waals surface area (Å²) in [7, 11) is 2.26. The fourth-order valence-electron chi connectivity index (χ4n) is 5.37. The van der Waals surface area contributed by atoms with Gasteiger partial charge in [-0.1, -0.05) is 23.8 Å². The first-order chi connectivity index (χ1) is 13.3. The molecule has 3 atom stereocenters. The molecule has 4 nitrogen and oxygen atoms in total. The number of aromatic nitrogens is 1. The van der Waals surface area contributed by atoms with Gasteiger partial charge in [-0.3, -0.25) is 4.90 Å². The van der Waals surface area contributed by atoms with Crippen molar-refractivity contribution in [2.24, 2.45) is 0 Å². The van der Waals surface area contributed by atoms with E-state index in [1.54, 1.807) is 12.1 Å². The number of nitrogens with zero attached hydrogens (tertiary/aromatic N) is 2. The second kappa shape index (κ2) is 6.10. The van der Waals surface area contributed by atoms with Gasteiger partial charge >= 0.3 is 0 Å². The monoisotopic (exact) mass is 376 g/mol. The summed E-state index contributed by atoms with van der Waals surface area (Å²) in [5, 5.41) is 22.3. The molecule has 3 heterocycles. The molecule has 0 amide bonds. The molecule has 2 aromatic carbocycles. The average Bonchev–Trinajstić information content (AvgIpc) is 3.06. The molecule has 146 valence electrons. The van der Waals surface area contributed by atoms with Crippen LogP contribution in [0.3, 0.4) is 0 Å². The van der Waals surface area contributed by atoms with Crippen LogP contribution in [0.4, 0.5) is 0 Å². The number of aryl methyl sites for hydroxylation is 1. The Hall–Kier alpha value is -2.30. The first kappa shape index (κ1) is 17.8. The Kier molecular flexibility index (Phi) is 3.87. The molecule has 4 heteroatoms. The molecule has 2 aliphatic rings. The van der Waals surface area contributed by atoms with Crippen molar-refractivity contribution >= 4 is 10.9 Å². The molecule has 5 rings (SSSR count). The third kappa shape index (κ3) is 2.59. The number of benzene rings is 2. The van der Waals surface area contributed by atoms with Crippen LogP contribution < -0.4 is 0 Å². The van der Waals surface area contributed by atoms with Gasteiger partial charge in [-0.05, 0) is 69.1 Å². The van der Waals surface area contributed by atoms with E-state index in [1.165, 1.54) is 40.6 Å². The Morgan fingerprint density at radius 3 is 2.61 bits per heavy atom. The van der Waals surface area contributed by atoms with Crippen LogP contribution in [-0.2, 0) is 18.6 Å². The number of hydrogen-bond acceptors (Lipinski definition) is 3. The zero-order valence-corrected chi connectivity index (χ0v) is 16.8. The molecule has 1 fully saturated rings. The Labute approximate surface area is 166 Å². The second-order valence-corrected chi connectivity index (χ2v) is 8.90. The van der Waals surface area contributed by atoms with Gasteiger partial charge in [0.1, 0.15) is 11.4 Å². The lowest BCUT2D eigenvalue weighted by atomic mass is 9.95. The number of fused-ring (bicyclic) bond motifs is 6. The van der Waals surface area contributed by atoms with Crippen LogP contribution in [0.5, 0.6) is 5.75 Å². The van der Waals surface area contributed by atoms with E-state index in [4.69, 9.17) is 0 Å². The predicted octanol–water partition coefficient (Wildman–Crippen LogP) is 4.25. The molecule has 0 aliphatic carbocycles. The van der Waals surface area contributed by atoms with Crippen LogP contribution in [0.2, 0.25) is 0 Å². The maximum absolute atomic E-state index is 11.4. The van der Waals surface area contributed by atoms with Gasteiger partial charge in [-0.2, -0.15) is 0 Å².